The van der Waals surface area contributed by atoms with E-state index in [-0.39, 0.29) is 6.10 Å². The standard InChI is InChI=1S/C16H28O3/c1-11(5-3-7-15(18)19)12-8-9-13-14(17)6-4-10-16(12,13)2/h11-14,17H,3-10H2,1-2H3,(H,18,19)/t11-,12-,13+,14-,16?/m1/s1. The van der Waals surface area contributed by atoms with Crippen LogP contribution in [0.2, 0.25) is 0 Å². The van der Waals surface area contributed by atoms with Crippen molar-refractivity contribution in [1.29, 1.82) is 0 Å². The van der Waals surface area contributed by atoms with Crippen LogP contribution >= 0.6 is 0 Å². The number of aliphatic hydroxyl groups is 1. The van der Waals surface area contributed by atoms with E-state index in [2.05, 4.69) is 13.8 Å². The van der Waals surface area contributed by atoms with Crippen LogP contribution in [0.15, 0.2) is 0 Å². The van der Waals surface area contributed by atoms with E-state index >= 15 is 0 Å². The molecular formula is C16H28O3. The van der Waals surface area contributed by atoms with Gasteiger partial charge in [0.2, 0.25) is 0 Å². The highest BCUT2D eigenvalue weighted by atomic mass is 16.4. The van der Waals surface area contributed by atoms with E-state index in [1.807, 2.05) is 0 Å². The SMILES string of the molecule is C[C@H](CCCC(=O)O)[C@H]1CC[C@H]2[C@H](O)CCCC12C. The van der Waals surface area contributed by atoms with Crippen molar-refractivity contribution >= 4 is 5.97 Å². The Kier molecular flexibility index (Phi) is 4.54. The predicted molar refractivity (Wildman–Crippen MR) is 74.8 cm³/mol. The van der Waals surface area contributed by atoms with Crippen LogP contribution in [0, 0.1) is 23.2 Å². The first-order chi connectivity index (χ1) is 8.95. The summed E-state index contributed by atoms with van der Waals surface area (Å²) in [5.41, 5.74) is 0.292. The van der Waals surface area contributed by atoms with Gasteiger partial charge in [-0.2, -0.15) is 0 Å². The molecule has 3 nitrogen and oxygen atoms in total. The molecule has 0 bridgehead atoms. The number of fused-ring (bicyclic) bond motifs is 1. The summed E-state index contributed by atoms with van der Waals surface area (Å²) < 4.78 is 0. The van der Waals surface area contributed by atoms with E-state index in [0.717, 1.165) is 32.1 Å². The zero-order valence-electron chi connectivity index (χ0n) is 12.3. The molecule has 0 radical (unpaired) electrons. The fourth-order valence-corrected chi connectivity index (χ4v) is 4.90. The topological polar surface area (TPSA) is 57.5 Å². The molecule has 0 aromatic rings. The summed E-state index contributed by atoms with van der Waals surface area (Å²) >= 11 is 0. The Bertz CT molecular complexity index is 328. The van der Waals surface area contributed by atoms with Crippen LogP contribution in [0.4, 0.5) is 0 Å². The van der Waals surface area contributed by atoms with Crippen LogP contribution in [0.5, 0.6) is 0 Å². The number of hydrogen-bond acceptors (Lipinski definition) is 2. The van der Waals surface area contributed by atoms with E-state index in [4.69, 9.17) is 5.11 Å². The second-order valence-electron chi connectivity index (χ2n) is 7.02. The molecular weight excluding hydrogens is 240 g/mol. The molecule has 2 aliphatic rings. The predicted octanol–water partition coefficient (Wildman–Crippen LogP) is 3.45. The van der Waals surface area contributed by atoms with Gasteiger partial charge < -0.3 is 10.2 Å². The van der Waals surface area contributed by atoms with Crippen molar-refractivity contribution < 1.29 is 15.0 Å². The third-order valence-electron chi connectivity index (χ3n) is 5.90. The first kappa shape index (κ1) is 14.8. The Labute approximate surface area is 116 Å². The van der Waals surface area contributed by atoms with Crippen molar-refractivity contribution in [1.82, 2.24) is 0 Å². The molecule has 2 aliphatic carbocycles. The van der Waals surface area contributed by atoms with E-state index in [1.54, 1.807) is 0 Å². The van der Waals surface area contributed by atoms with Crippen molar-refractivity contribution in [2.45, 2.75) is 71.3 Å². The highest BCUT2D eigenvalue weighted by molar-refractivity contribution is 5.66. The third-order valence-corrected chi connectivity index (χ3v) is 5.90. The van der Waals surface area contributed by atoms with Gasteiger partial charge in [-0.05, 0) is 61.7 Å². The van der Waals surface area contributed by atoms with Crippen LogP contribution in [0.3, 0.4) is 0 Å². The zero-order valence-corrected chi connectivity index (χ0v) is 12.3. The largest absolute Gasteiger partial charge is 0.481 e. The first-order valence-corrected chi connectivity index (χ1v) is 7.85. The van der Waals surface area contributed by atoms with Crippen molar-refractivity contribution in [2.24, 2.45) is 23.2 Å². The average Bonchev–Trinajstić information content (AvgIpc) is 2.67. The molecule has 19 heavy (non-hydrogen) atoms. The molecule has 0 aromatic heterocycles. The highest BCUT2D eigenvalue weighted by Crippen LogP contribution is 2.58. The number of carboxylic acid groups (broad SMARTS) is 1. The van der Waals surface area contributed by atoms with E-state index in [1.165, 1.54) is 12.8 Å². The Morgan fingerprint density at radius 3 is 2.79 bits per heavy atom. The molecule has 2 saturated carbocycles. The zero-order chi connectivity index (χ0) is 14.0. The summed E-state index contributed by atoms with van der Waals surface area (Å²) in [5, 5.41) is 18.9. The van der Waals surface area contributed by atoms with Gasteiger partial charge in [0.25, 0.3) is 0 Å². The Morgan fingerprint density at radius 1 is 1.37 bits per heavy atom. The number of aliphatic hydroxyl groups excluding tert-OH is 1. The summed E-state index contributed by atoms with van der Waals surface area (Å²) in [7, 11) is 0. The molecule has 0 aromatic carbocycles. The van der Waals surface area contributed by atoms with Gasteiger partial charge in [-0.15, -0.1) is 0 Å². The number of rotatable bonds is 5. The fourth-order valence-electron chi connectivity index (χ4n) is 4.90. The lowest BCUT2D eigenvalue weighted by molar-refractivity contribution is -0.137. The average molecular weight is 268 g/mol. The van der Waals surface area contributed by atoms with Gasteiger partial charge in [0, 0.05) is 6.42 Å². The van der Waals surface area contributed by atoms with Gasteiger partial charge in [-0.25, -0.2) is 0 Å². The van der Waals surface area contributed by atoms with Crippen molar-refractivity contribution in [3.63, 3.8) is 0 Å². The lowest BCUT2D eigenvalue weighted by Gasteiger charge is -2.45. The molecule has 2 fully saturated rings. The van der Waals surface area contributed by atoms with Gasteiger partial charge >= 0.3 is 5.97 Å². The minimum atomic E-state index is -0.684. The number of carboxylic acids is 1. The van der Waals surface area contributed by atoms with E-state index in [0.29, 0.717) is 29.6 Å². The quantitative estimate of drug-likeness (QED) is 0.803. The van der Waals surface area contributed by atoms with Gasteiger partial charge in [0.1, 0.15) is 0 Å². The molecule has 0 saturated heterocycles. The van der Waals surface area contributed by atoms with Crippen LogP contribution in [-0.4, -0.2) is 22.3 Å². The maximum atomic E-state index is 10.6. The van der Waals surface area contributed by atoms with Gasteiger partial charge in [-0.1, -0.05) is 20.3 Å². The monoisotopic (exact) mass is 268 g/mol. The van der Waals surface area contributed by atoms with Crippen LogP contribution < -0.4 is 0 Å². The Balaban J connectivity index is 1.94. The molecule has 110 valence electrons. The maximum absolute atomic E-state index is 10.6. The lowest BCUT2D eigenvalue weighted by atomic mass is 9.61. The smallest absolute Gasteiger partial charge is 0.303 e. The van der Waals surface area contributed by atoms with Crippen LogP contribution in [0.25, 0.3) is 0 Å². The molecule has 0 heterocycles. The van der Waals surface area contributed by atoms with Crippen molar-refractivity contribution in [3.05, 3.63) is 0 Å². The second kappa shape index (κ2) is 5.82. The fraction of sp³-hybridized carbons (Fsp3) is 0.938. The molecule has 0 spiro atoms. The normalized spacial score (nSPS) is 39.8. The number of hydrogen-bond donors (Lipinski definition) is 2. The summed E-state index contributed by atoms with van der Waals surface area (Å²) in [4.78, 5) is 10.6. The summed E-state index contributed by atoms with van der Waals surface area (Å²) in [6, 6.07) is 0. The number of carbonyl (C=O) groups is 1. The molecule has 0 amide bonds. The Morgan fingerprint density at radius 2 is 2.11 bits per heavy atom. The molecule has 2 N–H and O–H groups in total. The van der Waals surface area contributed by atoms with Gasteiger partial charge in [0.05, 0.1) is 6.10 Å². The summed E-state index contributed by atoms with van der Waals surface area (Å²) in [5.74, 6) is 1.05. The van der Waals surface area contributed by atoms with Crippen LogP contribution in [0.1, 0.15) is 65.2 Å². The van der Waals surface area contributed by atoms with Crippen molar-refractivity contribution in [3.8, 4) is 0 Å². The third kappa shape index (κ3) is 2.96. The lowest BCUT2D eigenvalue weighted by Crippen LogP contribution is -2.41. The minimum absolute atomic E-state index is 0.102. The molecule has 0 aliphatic heterocycles. The maximum Gasteiger partial charge on any atom is 0.303 e. The second-order valence-corrected chi connectivity index (χ2v) is 7.02. The molecule has 2 rings (SSSR count). The molecule has 1 unspecified atom stereocenters. The van der Waals surface area contributed by atoms with E-state index < -0.39 is 5.97 Å². The molecule has 3 heteroatoms. The highest BCUT2D eigenvalue weighted by Gasteiger charge is 2.51. The Hall–Kier alpha value is -0.570. The number of aliphatic carboxylic acids is 1. The first-order valence-electron chi connectivity index (χ1n) is 7.85. The summed E-state index contributed by atoms with van der Waals surface area (Å²) in [6.07, 6.45) is 7.72. The van der Waals surface area contributed by atoms with Gasteiger partial charge in [-0.3, -0.25) is 4.79 Å². The van der Waals surface area contributed by atoms with Crippen molar-refractivity contribution in [2.75, 3.05) is 0 Å². The molecule has 5 atom stereocenters. The minimum Gasteiger partial charge on any atom is -0.481 e. The van der Waals surface area contributed by atoms with Gasteiger partial charge in [0.15, 0.2) is 0 Å². The summed E-state index contributed by atoms with van der Waals surface area (Å²) in [6.45, 7) is 4.65. The van der Waals surface area contributed by atoms with E-state index in [9.17, 15) is 9.90 Å². The van der Waals surface area contributed by atoms with Crippen LogP contribution in [-0.2, 0) is 4.79 Å².